The highest BCUT2D eigenvalue weighted by atomic mass is 16.2. The molecule has 1 aromatic heterocycles. The molecule has 27 heavy (non-hydrogen) atoms. The van der Waals surface area contributed by atoms with Crippen molar-refractivity contribution in [2.45, 2.75) is 12.6 Å². The summed E-state index contributed by atoms with van der Waals surface area (Å²) in [6.45, 7) is 1.29. The lowest BCUT2D eigenvalue weighted by Crippen LogP contribution is -2.48. The Hall–Kier alpha value is -3.41. The van der Waals surface area contributed by atoms with E-state index in [0.717, 1.165) is 17.7 Å². The maximum Gasteiger partial charge on any atom is 0.257 e. The Balaban J connectivity index is 1.58. The summed E-state index contributed by atoms with van der Waals surface area (Å²) < 4.78 is 1.70. The molecule has 6 nitrogen and oxygen atoms in total. The van der Waals surface area contributed by atoms with Gasteiger partial charge in [-0.3, -0.25) is 9.59 Å². The Morgan fingerprint density at radius 1 is 1.00 bits per heavy atom. The van der Waals surface area contributed by atoms with Crippen LogP contribution in [0.4, 0.5) is 0 Å². The molecule has 1 saturated heterocycles. The molecule has 3 heterocycles. The maximum absolute atomic E-state index is 13.5. The molecule has 5 rings (SSSR count). The van der Waals surface area contributed by atoms with Gasteiger partial charge in [0.15, 0.2) is 0 Å². The molecule has 0 saturated carbocycles. The van der Waals surface area contributed by atoms with Crippen molar-refractivity contribution in [2.75, 3.05) is 13.1 Å². The highest BCUT2D eigenvalue weighted by Gasteiger charge is 2.44. The van der Waals surface area contributed by atoms with E-state index >= 15 is 0 Å². The predicted octanol–water partition coefficient (Wildman–Crippen LogP) is 2.87. The first-order chi connectivity index (χ1) is 13.3. The average molecular weight is 358 g/mol. The molecule has 2 amide bonds. The smallest absolute Gasteiger partial charge is 0.257 e. The molecule has 0 bridgehead atoms. The van der Waals surface area contributed by atoms with Crippen molar-refractivity contribution in [1.29, 1.82) is 0 Å². The van der Waals surface area contributed by atoms with Crippen molar-refractivity contribution >= 4 is 11.8 Å². The topological polar surface area (TPSA) is 58.4 Å². The van der Waals surface area contributed by atoms with Gasteiger partial charge in [-0.15, -0.1) is 0 Å². The van der Waals surface area contributed by atoms with Gasteiger partial charge in [-0.1, -0.05) is 30.3 Å². The third-order valence-electron chi connectivity index (χ3n) is 5.27. The summed E-state index contributed by atoms with van der Waals surface area (Å²) in [6.07, 6.45) is 3.95. The number of benzene rings is 2. The lowest BCUT2D eigenvalue weighted by Gasteiger charge is -2.40. The van der Waals surface area contributed by atoms with Crippen LogP contribution in [0.5, 0.6) is 0 Å². The van der Waals surface area contributed by atoms with Crippen molar-refractivity contribution < 1.29 is 9.59 Å². The fourth-order valence-electron chi connectivity index (χ4n) is 4.08. The van der Waals surface area contributed by atoms with Crippen LogP contribution in [-0.4, -0.2) is 44.5 Å². The lowest BCUT2D eigenvalue weighted by atomic mass is 10.1. The number of carbonyl (C=O) groups is 2. The Bertz CT molecular complexity index is 1030. The van der Waals surface area contributed by atoms with E-state index in [-0.39, 0.29) is 18.0 Å². The molecular weight excluding hydrogens is 340 g/mol. The summed E-state index contributed by atoms with van der Waals surface area (Å²) in [7, 11) is 0. The number of aromatic nitrogens is 2. The largest absolute Gasteiger partial charge is 0.314 e. The van der Waals surface area contributed by atoms with Gasteiger partial charge in [-0.05, 0) is 30.7 Å². The van der Waals surface area contributed by atoms with E-state index in [1.54, 1.807) is 10.9 Å². The van der Waals surface area contributed by atoms with Gasteiger partial charge in [-0.25, -0.2) is 4.68 Å². The van der Waals surface area contributed by atoms with Crippen LogP contribution in [0.2, 0.25) is 0 Å². The fraction of sp³-hybridized carbons (Fsp3) is 0.190. The minimum absolute atomic E-state index is 0.00783. The van der Waals surface area contributed by atoms with Crippen molar-refractivity contribution in [3.8, 4) is 5.69 Å². The van der Waals surface area contributed by atoms with E-state index < -0.39 is 0 Å². The van der Waals surface area contributed by atoms with Gasteiger partial charge in [0.25, 0.3) is 11.8 Å². The van der Waals surface area contributed by atoms with Gasteiger partial charge < -0.3 is 9.80 Å². The summed E-state index contributed by atoms with van der Waals surface area (Å²) in [5.74, 6) is -0.0752. The maximum atomic E-state index is 13.5. The van der Waals surface area contributed by atoms with E-state index in [1.807, 2.05) is 70.6 Å². The molecular formula is C21H18N4O2. The summed E-state index contributed by atoms with van der Waals surface area (Å²) in [5.41, 5.74) is 2.93. The van der Waals surface area contributed by atoms with Gasteiger partial charge in [0, 0.05) is 36.6 Å². The second-order valence-corrected chi connectivity index (χ2v) is 6.78. The fourth-order valence-corrected chi connectivity index (χ4v) is 4.08. The number of fused-ring (bicyclic) bond motifs is 3. The Kier molecular flexibility index (Phi) is 3.57. The van der Waals surface area contributed by atoms with E-state index in [0.29, 0.717) is 24.2 Å². The van der Waals surface area contributed by atoms with Crippen LogP contribution in [0.15, 0.2) is 67.0 Å². The SMILES string of the molecule is O=C1c2ccccc2C2N1CCCN2C(=O)c1ccccc1-n1cccn1. The molecule has 0 N–H and O–H groups in total. The summed E-state index contributed by atoms with van der Waals surface area (Å²) in [5, 5.41) is 4.27. The first-order valence-corrected chi connectivity index (χ1v) is 9.05. The monoisotopic (exact) mass is 358 g/mol. The van der Waals surface area contributed by atoms with E-state index in [2.05, 4.69) is 5.10 Å². The van der Waals surface area contributed by atoms with Crippen LogP contribution in [-0.2, 0) is 0 Å². The summed E-state index contributed by atoms with van der Waals surface area (Å²) in [6, 6.07) is 16.9. The molecule has 6 heteroatoms. The highest BCUT2D eigenvalue weighted by molar-refractivity contribution is 6.02. The van der Waals surface area contributed by atoms with Gasteiger partial charge in [0.2, 0.25) is 0 Å². The van der Waals surface area contributed by atoms with Crippen LogP contribution in [0.25, 0.3) is 5.69 Å². The molecule has 1 fully saturated rings. The second-order valence-electron chi connectivity index (χ2n) is 6.78. The molecule has 134 valence electrons. The quantitative estimate of drug-likeness (QED) is 0.708. The number of para-hydroxylation sites is 1. The van der Waals surface area contributed by atoms with Crippen LogP contribution in [0.3, 0.4) is 0 Å². The first-order valence-electron chi connectivity index (χ1n) is 9.05. The van der Waals surface area contributed by atoms with Crippen LogP contribution in [0.1, 0.15) is 38.9 Å². The van der Waals surface area contributed by atoms with E-state index in [9.17, 15) is 9.59 Å². The minimum Gasteiger partial charge on any atom is -0.314 e. The molecule has 1 unspecified atom stereocenters. The number of amides is 2. The Morgan fingerprint density at radius 2 is 1.81 bits per heavy atom. The summed E-state index contributed by atoms with van der Waals surface area (Å²) in [4.78, 5) is 29.9. The van der Waals surface area contributed by atoms with Crippen LogP contribution in [0, 0.1) is 0 Å². The molecule has 1 atom stereocenters. The number of rotatable bonds is 2. The van der Waals surface area contributed by atoms with Gasteiger partial charge >= 0.3 is 0 Å². The zero-order valence-electron chi connectivity index (χ0n) is 14.7. The standard InChI is InChI=1S/C21H18N4O2/c26-20-16-8-2-1-7-15(16)19-23(20)12-6-13-24(19)21(27)17-9-3-4-10-18(17)25-14-5-11-22-25/h1-5,7-11,14,19H,6,12-13H2. The van der Waals surface area contributed by atoms with Crippen molar-refractivity contribution in [2.24, 2.45) is 0 Å². The summed E-state index contributed by atoms with van der Waals surface area (Å²) >= 11 is 0. The number of carbonyl (C=O) groups excluding carboxylic acids is 2. The zero-order valence-corrected chi connectivity index (χ0v) is 14.7. The van der Waals surface area contributed by atoms with Gasteiger partial charge in [-0.2, -0.15) is 5.10 Å². The molecule has 2 aliphatic rings. The van der Waals surface area contributed by atoms with Crippen LogP contribution >= 0.6 is 0 Å². The third-order valence-corrected chi connectivity index (χ3v) is 5.27. The van der Waals surface area contributed by atoms with Gasteiger partial charge in [0.05, 0.1) is 11.3 Å². The lowest BCUT2D eigenvalue weighted by molar-refractivity contribution is 0.0164. The van der Waals surface area contributed by atoms with Crippen molar-refractivity contribution in [1.82, 2.24) is 19.6 Å². The molecule has 0 aliphatic carbocycles. The zero-order chi connectivity index (χ0) is 18.4. The number of nitrogens with zero attached hydrogens (tertiary/aromatic N) is 4. The highest BCUT2D eigenvalue weighted by Crippen LogP contribution is 2.39. The number of hydrogen-bond acceptors (Lipinski definition) is 3. The van der Waals surface area contributed by atoms with Crippen molar-refractivity contribution in [3.63, 3.8) is 0 Å². The normalized spacial score (nSPS) is 18.4. The Morgan fingerprint density at radius 3 is 2.67 bits per heavy atom. The molecule has 0 spiro atoms. The number of hydrogen-bond donors (Lipinski definition) is 0. The van der Waals surface area contributed by atoms with Crippen LogP contribution < -0.4 is 0 Å². The van der Waals surface area contributed by atoms with Gasteiger partial charge in [0.1, 0.15) is 6.17 Å². The minimum atomic E-state index is -0.333. The van der Waals surface area contributed by atoms with E-state index in [4.69, 9.17) is 0 Å². The van der Waals surface area contributed by atoms with E-state index in [1.165, 1.54) is 0 Å². The molecule has 2 aromatic carbocycles. The second kappa shape index (κ2) is 6.09. The predicted molar refractivity (Wildman–Crippen MR) is 99.4 cm³/mol. The van der Waals surface area contributed by atoms with Crippen molar-refractivity contribution in [3.05, 3.63) is 83.7 Å². The molecule has 2 aliphatic heterocycles. The molecule has 3 aromatic rings. The Labute approximate surface area is 156 Å². The first kappa shape index (κ1) is 15.8. The third kappa shape index (κ3) is 2.37. The molecule has 0 radical (unpaired) electrons. The average Bonchev–Trinajstić information content (AvgIpc) is 3.35.